The van der Waals surface area contributed by atoms with Gasteiger partial charge in [-0.05, 0) is 94.6 Å². The smallest absolute Gasteiger partial charge is 0.220 e. The van der Waals surface area contributed by atoms with Crippen LogP contribution in [0.15, 0.2) is 48.5 Å². The van der Waals surface area contributed by atoms with E-state index in [0.29, 0.717) is 30.6 Å². The van der Waals surface area contributed by atoms with Gasteiger partial charge in [-0.25, -0.2) is 0 Å². The lowest BCUT2D eigenvalue weighted by Crippen LogP contribution is -2.44. The van der Waals surface area contributed by atoms with Crippen LogP contribution in [0.3, 0.4) is 0 Å². The number of ether oxygens (including phenoxy) is 2. The average Bonchev–Trinajstić information content (AvgIpc) is 3.37. The number of ketones is 1. The predicted octanol–water partition coefficient (Wildman–Crippen LogP) is 4.02. The number of carbonyl (C=O) groups excluding carboxylic acids is 2. The van der Waals surface area contributed by atoms with Crippen LogP contribution in [0.5, 0.6) is 11.5 Å². The first-order valence-electron chi connectivity index (χ1n) is 13.1. The number of aliphatic hydroxyl groups is 1. The first-order chi connectivity index (χ1) is 17.4. The molecular weight excluding hydrogens is 456 g/mol. The molecule has 1 heterocycles. The van der Waals surface area contributed by atoms with Gasteiger partial charge in [-0.15, -0.1) is 0 Å². The van der Waals surface area contributed by atoms with Crippen LogP contribution in [-0.2, 0) is 11.2 Å². The van der Waals surface area contributed by atoms with Crippen molar-refractivity contribution in [3.8, 4) is 11.5 Å². The Morgan fingerprint density at radius 1 is 0.972 bits per heavy atom. The van der Waals surface area contributed by atoms with Crippen LogP contribution in [0.2, 0.25) is 0 Å². The molecule has 1 atom stereocenters. The van der Waals surface area contributed by atoms with Crippen LogP contribution in [-0.4, -0.2) is 66.7 Å². The maximum absolute atomic E-state index is 12.8. The lowest BCUT2D eigenvalue weighted by molar-refractivity contribution is -0.122. The molecule has 7 heteroatoms. The Bertz CT molecular complexity index is 937. The number of Topliss-reactive ketones (excluding diaryl/α,β-unsaturated/α-hetero) is 1. The van der Waals surface area contributed by atoms with E-state index in [9.17, 15) is 9.59 Å². The van der Waals surface area contributed by atoms with Crippen molar-refractivity contribution in [1.29, 1.82) is 0 Å². The molecule has 1 fully saturated rings. The lowest BCUT2D eigenvalue weighted by atomic mass is 10.0. The molecule has 2 aromatic carbocycles. The molecule has 0 aliphatic carbocycles. The molecular formula is C29H40N2O5. The SMILES string of the molecule is CC(C)Oc1ccc(CC(CN2CCCC2)NC(=O)CCCC(=O)c2ccc(OCCO)cc2)cc1. The maximum atomic E-state index is 12.8. The lowest BCUT2D eigenvalue weighted by Gasteiger charge is -2.25. The van der Waals surface area contributed by atoms with E-state index in [2.05, 4.69) is 22.3 Å². The third-order valence-corrected chi connectivity index (χ3v) is 6.16. The molecule has 1 saturated heterocycles. The number of hydrogen-bond donors (Lipinski definition) is 2. The standard InChI is InChI=1S/C29H40N2O5/c1-22(2)36-27-12-8-23(9-13-27)20-25(21-31-16-3-4-17-31)30-29(34)7-5-6-28(33)24-10-14-26(15-11-24)35-19-18-32/h8-15,22,25,32H,3-7,16-21H2,1-2H3,(H,30,34). The van der Waals surface area contributed by atoms with Crippen molar-refractivity contribution < 1.29 is 24.2 Å². The van der Waals surface area contributed by atoms with Crippen molar-refractivity contribution in [1.82, 2.24) is 10.2 Å². The molecule has 36 heavy (non-hydrogen) atoms. The minimum atomic E-state index is -0.0544. The minimum Gasteiger partial charge on any atom is -0.491 e. The average molecular weight is 497 g/mol. The number of hydrogen-bond acceptors (Lipinski definition) is 6. The predicted molar refractivity (Wildman–Crippen MR) is 141 cm³/mol. The van der Waals surface area contributed by atoms with Gasteiger partial charge in [-0.3, -0.25) is 9.59 Å². The number of nitrogens with zero attached hydrogens (tertiary/aromatic N) is 1. The summed E-state index contributed by atoms with van der Waals surface area (Å²) in [5.74, 6) is 1.46. The van der Waals surface area contributed by atoms with Crippen LogP contribution < -0.4 is 14.8 Å². The fourth-order valence-corrected chi connectivity index (χ4v) is 4.45. The summed E-state index contributed by atoms with van der Waals surface area (Å²) in [5.41, 5.74) is 1.76. The number of carbonyl (C=O) groups is 2. The van der Waals surface area contributed by atoms with Crippen molar-refractivity contribution >= 4 is 11.7 Å². The number of nitrogens with one attached hydrogen (secondary N) is 1. The van der Waals surface area contributed by atoms with E-state index in [1.165, 1.54) is 12.8 Å². The van der Waals surface area contributed by atoms with Crippen LogP contribution in [0, 0.1) is 0 Å². The van der Waals surface area contributed by atoms with E-state index in [-0.39, 0.29) is 37.0 Å². The van der Waals surface area contributed by atoms with E-state index < -0.39 is 0 Å². The number of aliphatic hydroxyl groups excluding tert-OH is 1. The summed E-state index contributed by atoms with van der Waals surface area (Å²) in [6, 6.07) is 15.0. The molecule has 7 nitrogen and oxygen atoms in total. The van der Waals surface area contributed by atoms with Gasteiger partial charge in [0.1, 0.15) is 18.1 Å². The molecule has 2 N–H and O–H groups in total. The first-order valence-corrected chi connectivity index (χ1v) is 13.1. The van der Waals surface area contributed by atoms with Gasteiger partial charge in [0, 0.05) is 31.0 Å². The number of likely N-dealkylation sites (tertiary alicyclic amines) is 1. The van der Waals surface area contributed by atoms with E-state index >= 15 is 0 Å². The quantitative estimate of drug-likeness (QED) is 0.362. The van der Waals surface area contributed by atoms with Crippen LogP contribution in [0.1, 0.15) is 61.9 Å². The van der Waals surface area contributed by atoms with E-state index in [1.807, 2.05) is 26.0 Å². The van der Waals surface area contributed by atoms with Gasteiger partial charge in [0.25, 0.3) is 0 Å². The normalized spacial score (nSPS) is 14.6. The van der Waals surface area contributed by atoms with Crippen LogP contribution in [0.25, 0.3) is 0 Å². The maximum Gasteiger partial charge on any atom is 0.220 e. The second-order valence-corrected chi connectivity index (χ2v) is 9.66. The van der Waals surface area contributed by atoms with Crippen molar-refractivity contribution in [2.24, 2.45) is 0 Å². The third-order valence-electron chi connectivity index (χ3n) is 6.16. The van der Waals surface area contributed by atoms with Crippen molar-refractivity contribution in [3.05, 3.63) is 59.7 Å². The Labute approximate surface area is 214 Å². The Morgan fingerprint density at radius 3 is 2.28 bits per heavy atom. The fraction of sp³-hybridized carbons (Fsp3) is 0.517. The molecule has 0 saturated carbocycles. The van der Waals surface area contributed by atoms with E-state index in [0.717, 1.165) is 37.4 Å². The van der Waals surface area contributed by atoms with Gasteiger partial charge in [0.05, 0.1) is 12.7 Å². The molecule has 0 bridgehead atoms. The molecule has 196 valence electrons. The Balaban J connectivity index is 1.48. The van der Waals surface area contributed by atoms with Crippen molar-refractivity contribution in [2.45, 2.75) is 64.5 Å². The highest BCUT2D eigenvalue weighted by Crippen LogP contribution is 2.17. The zero-order valence-corrected chi connectivity index (χ0v) is 21.6. The second kappa shape index (κ2) is 14.6. The van der Waals surface area contributed by atoms with Crippen LogP contribution in [0.4, 0.5) is 0 Å². The summed E-state index contributed by atoms with van der Waals surface area (Å²) in [4.78, 5) is 27.7. The molecule has 0 aromatic heterocycles. The summed E-state index contributed by atoms with van der Waals surface area (Å²) in [6.07, 6.45) is 4.45. The number of amides is 1. The van der Waals surface area contributed by atoms with E-state index in [1.54, 1.807) is 24.3 Å². The van der Waals surface area contributed by atoms with Gasteiger partial charge < -0.3 is 24.8 Å². The van der Waals surface area contributed by atoms with Crippen LogP contribution >= 0.6 is 0 Å². The number of rotatable bonds is 15. The van der Waals surface area contributed by atoms with Gasteiger partial charge >= 0.3 is 0 Å². The summed E-state index contributed by atoms with van der Waals surface area (Å²) in [7, 11) is 0. The largest absolute Gasteiger partial charge is 0.491 e. The molecule has 1 aliphatic rings. The minimum absolute atomic E-state index is 0.00818. The summed E-state index contributed by atoms with van der Waals surface area (Å²) in [5, 5.41) is 12.0. The van der Waals surface area contributed by atoms with Crippen molar-refractivity contribution in [3.63, 3.8) is 0 Å². The van der Waals surface area contributed by atoms with Gasteiger partial charge in [-0.2, -0.15) is 0 Å². The Hall–Kier alpha value is -2.90. The molecule has 1 unspecified atom stereocenters. The summed E-state index contributed by atoms with van der Waals surface area (Å²) < 4.78 is 11.1. The molecule has 1 amide bonds. The third kappa shape index (κ3) is 9.63. The molecule has 3 rings (SSSR count). The van der Waals surface area contributed by atoms with Gasteiger partial charge in [0.15, 0.2) is 5.78 Å². The summed E-state index contributed by atoms with van der Waals surface area (Å²) in [6.45, 7) is 7.17. The van der Waals surface area contributed by atoms with E-state index in [4.69, 9.17) is 14.6 Å². The molecule has 1 aliphatic heterocycles. The first kappa shape index (κ1) is 27.7. The topological polar surface area (TPSA) is 88.1 Å². The fourth-order valence-electron chi connectivity index (χ4n) is 4.45. The molecule has 2 aromatic rings. The Kier molecular flexibility index (Phi) is 11.2. The molecule has 0 radical (unpaired) electrons. The molecule has 0 spiro atoms. The highest BCUT2D eigenvalue weighted by Gasteiger charge is 2.20. The Morgan fingerprint density at radius 2 is 1.64 bits per heavy atom. The zero-order chi connectivity index (χ0) is 25.8. The van der Waals surface area contributed by atoms with Crippen molar-refractivity contribution in [2.75, 3.05) is 32.8 Å². The van der Waals surface area contributed by atoms with Gasteiger partial charge in [-0.1, -0.05) is 12.1 Å². The monoisotopic (exact) mass is 496 g/mol. The highest BCUT2D eigenvalue weighted by atomic mass is 16.5. The second-order valence-electron chi connectivity index (χ2n) is 9.66. The van der Waals surface area contributed by atoms with Gasteiger partial charge in [0.2, 0.25) is 5.91 Å². The highest BCUT2D eigenvalue weighted by molar-refractivity contribution is 5.96. The number of benzene rings is 2. The summed E-state index contributed by atoms with van der Waals surface area (Å²) >= 11 is 0. The zero-order valence-electron chi connectivity index (χ0n) is 21.6.